The molecule has 1 fully saturated rings. The fraction of sp³-hybridized carbons (Fsp3) is 0.333. The van der Waals surface area contributed by atoms with Crippen LogP contribution in [0.25, 0.3) is 10.9 Å². The van der Waals surface area contributed by atoms with Gasteiger partial charge in [-0.15, -0.1) is 11.8 Å². The first kappa shape index (κ1) is 23.8. The summed E-state index contributed by atoms with van der Waals surface area (Å²) < 4.78 is 17.1. The van der Waals surface area contributed by atoms with Crippen molar-refractivity contribution < 1.29 is 23.8 Å². The molecule has 0 bridgehead atoms. The Morgan fingerprint density at radius 2 is 1.86 bits per heavy atom. The van der Waals surface area contributed by atoms with Crippen molar-refractivity contribution in [3.8, 4) is 11.5 Å². The number of ether oxygens (including phenoxy) is 3. The van der Waals surface area contributed by atoms with Gasteiger partial charge in [0.2, 0.25) is 5.91 Å². The van der Waals surface area contributed by atoms with Crippen molar-refractivity contribution in [2.45, 2.75) is 30.4 Å². The molecule has 188 valence electrons. The van der Waals surface area contributed by atoms with Gasteiger partial charge >= 0.3 is 11.8 Å². The highest BCUT2D eigenvalue weighted by atomic mass is 32.2. The molecule has 1 atom stereocenters. The van der Waals surface area contributed by atoms with Crippen molar-refractivity contribution >= 4 is 46.0 Å². The van der Waals surface area contributed by atoms with E-state index in [2.05, 4.69) is 10.3 Å². The van der Waals surface area contributed by atoms with Crippen molar-refractivity contribution in [3.05, 3.63) is 51.2 Å². The fourth-order valence-electron chi connectivity index (χ4n) is 4.38. The predicted molar refractivity (Wildman–Crippen MR) is 135 cm³/mol. The smallest absolute Gasteiger partial charge is 0.414 e. The van der Waals surface area contributed by atoms with Crippen LogP contribution < -0.4 is 30.9 Å². The molecule has 2 amide bonds. The molecule has 3 heterocycles. The molecular weight excluding hydrogens is 488 g/mol. The predicted octanol–water partition coefficient (Wildman–Crippen LogP) is 2.56. The largest absolute Gasteiger partial charge is 0.493 e. The molecule has 0 aliphatic carbocycles. The number of nitrogens with one attached hydrogen (secondary N) is 2. The van der Waals surface area contributed by atoms with Gasteiger partial charge in [0.15, 0.2) is 11.5 Å². The molecule has 2 aromatic carbocycles. The summed E-state index contributed by atoms with van der Waals surface area (Å²) in [4.78, 5) is 54.9. The van der Waals surface area contributed by atoms with Crippen molar-refractivity contribution in [2.75, 3.05) is 36.7 Å². The van der Waals surface area contributed by atoms with E-state index in [9.17, 15) is 19.2 Å². The number of H-pyrrole nitrogens is 1. The average molecular weight is 513 g/mol. The third kappa shape index (κ3) is 4.39. The molecule has 1 aromatic heterocycles. The number of carbonyl (C=O) groups excluding carboxylic acids is 2. The van der Waals surface area contributed by atoms with Gasteiger partial charge in [0, 0.05) is 23.2 Å². The first-order valence-electron chi connectivity index (χ1n) is 11.3. The monoisotopic (exact) mass is 512 g/mol. The molecule has 2 N–H and O–H groups in total. The number of anilines is 2. The molecule has 1 saturated heterocycles. The van der Waals surface area contributed by atoms with Crippen LogP contribution in [0.1, 0.15) is 12.8 Å². The zero-order chi connectivity index (χ0) is 25.4. The van der Waals surface area contributed by atoms with Crippen LogP contribution in [0.3, 0.4) is 0 Å². The molecule has 5 rings (SSSR count). The van der Waals surface area contributed by atoms with Gasteiger partial charge in [-0.25, -0.2) is 9.59 Å². The van der Waals surface area contributed by atoms with E-state index in [1.54, 1.807) is 18.2 Å². The van der Waals surface area contributed by atoms with Crippen LogP contribution in [0.4, 0.5) is 16.2 Å². The zero-order valence-electron chi connectivity index (χ0n) is 19.7. The number of carbonyl (C=O) groups is 2. The Morgan fingerprint density at radius 1 is 1.08 bits per heavy atom. The van der Waals surface area contributed by atoms with Gasteiger partial charge < -0.3 is 24.5 Å². The molecule has 3 aromatic rings. The van der Waals surface area contributed by atoms with Gasteiger partial charge in [0.1, 0.15) is 6.10 Å². The van der Waals surface area contributed by atoms with Gasteiger partial charge in [-0.05, 0) is 37.1 Å². The maximum atomic E-state index is 13.0. The second-order valence-electron chi connectivity index (χ2n) is 8.42. The lowest BCUT2D eigenvalue weighted by Gasteiger charge is -2.20. The number of cyclic esters (lactones) is 1. The average Bonchev–Trinajstić information content (AvgIpc) is 3.24. The van der Waals surface area contributed by atoms with E-state index < -0.39 is 23.4 Å². The number of aromatic amines is 1. The standard InChI is InChI=1S/C24H24N4O7S/c1-33-18-9-15-16(10-19(18)34-2)26-23(31)27(22(15)30)7-3-4-14-11-28(24(32)35-14)13-5-6-20-17(8-13)25-21(29)12-36-20/h5-6,8-10,14H,3-4,7,11-12H2,1-2H3,(H,25,29)(H,26,31). The van der Waals surface area contributed by atoms with E-state index in [1.165, 1.54) is 30.9 Å². The van der Waals surface area contributed by atoms with E-state index >= 15 is 0 Å². The van der Waals surface area contributed by atoms with Gasteiger partial charge in [-0.3, -0.25) is 19.1 Å². The highest BCUT2D eigenvalue weighted by Gasteiger charge is 2.32. The van der Waals surface area contributed by atoms with Crippen LogP contribution in [-0.4, -0.2) is 54.2 Å². The van der Waals surface area contributed by atoms with E-state index in [1.807, 2.05) is 12.1 Å². The lowest BCUT2D eigenvalue weighted by Crippen LogP contribution is -2.35. The molecule has 0 spiro atoms. The number of aromatic nitrogens is 2. The maximum absolute atomic E-state index is 13.0. The maximum Gasteiger partial charge on any atom is 0.414 e. The Labute approximate surface area is 209 Å². The second kappa shape index (κ2) is 9.61. The van der Waals surface area contributed by atoms with E-state index in [-0.39, 0.29) is 12.5 Å². The van der Waals surface area contributed by atoms with Crippen molar-refractivity contribution in [2.24, 2.45) is 0 Å². The number of amides is 2. The second-order valence-corrected chi connectivity index (χ2v) is 9.43. The van der Waals surface area contributed by atoms with E-state index in [4.69, 9.17) is 14.2 Å². The van der Waals surface area contributed by atoms with Crippen molar-refractivity contribution in [1.82, 2.24) is 9.55 Å². The minimum Gasteiger partial charge on any atom is -0.493 e. The van der Waals surface area contributed by atoms with Crippen molar-refractivity contribution in [3.63, 3.8) is 0 Å². The molecular formula is C24H24N4O7S. The molecule has 2 aliphatic heterocycles. The summed E-state index contributed by atoms with van der Waals surface area (Å²) in [7, 11) is 2.95. The number of rotatable bonds is 7. The molecule has 1 unspecified atom stereocenters. The quantitative estimate of drug-likeness (QED) is 0.494. The fourth-order valence-corrected chi connectivity index (χ4v) is 5.17. The number of fused-ring (bicyclic) bond motifs is 2. The topological polar surface area (TPSA) is 132 Å². The molecule has 0 radical (unpaired) electrons. The van der Waals surface area contributed by atoms with Crippen LogP contribution in [-0.2, 0) is 16.1 Å². The molecule has 0 saturated carbocycles. The normalized spacial score (nSPS) is 17.1. The molecule has 2 aliphatic rings. The van der Waals surface area contributed by atoms with Crippen LogP contribution >= 0.6 is 11.8 Å². The highest BCUT2D eigenvalue weighted by Crippen LogP contribution is 2.36. The Morgan fingerprint density at radius 3 is 2.64 bits per heavy atom. The molecule has 36 heavy (non-hydrogen) atoms. The van der Waals surface area contributed by atoms with Gasteiger partial charge in [0.05, 0.1) is 43.1 Å². The lowest BCUT2D eigenvalue weighted by atomic mass is 10.1. The minimum absolute atomic E-state index is 0.0805. The summed E-state index contributed by atoms with van der Waals surface area (Å²) in [6, 6.07) is 8.56. The summed E-state index contributed by atoms with van der Waals surface area (Å²) in [5, 5.41) is 3.13. The summed E-state index contributed by atoms with van der Waals surface area (Å²) in [6.45, 7) is 0.493. The van der Waals surface area contributed by atoms with Crippen LogP contribution in [0.5, 0.6) is 11.5 Å². The van der Waals surface area contributed by atoms with Crippen LogP contribution in [0, 0.1) is 0 Å². The van der Waals surface area contributed by atoms with Crippen LogP contribution in [0.15, 0.2) is 44.8 Å². The molecule has 11 nitrogen and oxygen atoms in total. The van der Waals surface area contributed by atoms with Gasteiger partial charge in [0.25, 0.3) is 5.56 Å². The SMILES string of the molecule is COc1cc2[nH]c(=O)n(CCCC3CN(c4ccc5c(c4)NC(=O)CS5)C(=O)O3)c(=O)c2cc1OC. The number of hydrogen-bond acceptors (Lipinski definition) is 8. The number of methoxy groups -OCH3 is 2. The van der Waals surface area contributed by atoms with E-state index in [0.29, 0.717) is 58.9 Å². The lowest BCUT2D eigenvalue weighted by molar-refractivity contribution is -0.113. The Hall–Kier alpha value is -3.93. The molecule has 12 heteroatoms. The summed E-state index contributed by atoms with van der Waals surface area (Å²) in [5.74, 6) is 1.08. The summed E-state index contributed by atoms with van der Waals surface area (Å²) in [5.41, 5.74) is 0.705. The summed E-state index contributed by atoms with van der Waals surface area (Å²) in [6.07, 6.45) is 0.0497. The first-order valence-corrected chi connectivity index (χ1v) is 12.3. The van der Waals surface area contributed by atoms with Gasteiger partial charge in [-0.2, -0.15) is 0 Å². The first-order chi connectivity index (χ1) is 17.4. The zero-order valence-corrected chi connectivity index (χ0v) is 20.5. The third-order valence-electron chi connectivity index (χ3n) is 6.18. The Bertz CT molecular complexity index is 1480. The number of hydrogen-bond donors (Lipinski definition) is 2. The highest BCUT2D eigenvalue weighted by molar-refractivity contribution is 8.00. The summed E-state index contributed by atoms with van der Waals surface area (Å²) >= 11 is 1.45. The number of thioether (sulfide) groups is 1. The van der Waals surface area contributed by atoms with Crippen LogP contribution in [0.2, 0.25) is 0 Å². The number of nitrogens with zero attached hydrogens (tertiary/aromatic N) is 2. The van der Waals surface area contributed by atoms with Gasteiger partial charge in [-0.1, -0.05) is 0 Å². The Kier molecular flexibility index (Phi) is 6.35. The number of benzene rings is 2. The van der Waals surface area contributed by atoms with E-state index in [0.717, 1.165) is 9.46 Å². The third-order valence-corrected chi connectivity index (χ3v) is 7.25. The Balaban J connectivity index is 1.27. The van der Waals surface area contributed by atoms with Crippen molar-refractivity contribution in [1.29, 1.82) is 0 Å². The minimum atomic E-state index is -0.529.